The van der Waals surface area contributed by atoms with Gasteiger partial charge in [0.2, 0.25) is 0 Å². The van der Waals surface area contributed by atoms with Crippen LogP contribution < -0.4 is 0 Å². The lowest BCUT2D eigenvalue weighted by atomic mass is 10.1. The molecule has 0 aliphatic rings. The number of hydrogen-bond acceptors (Lipinski definition) is 3. The molecule has 4 nitrogen and oxygen atoms in total. The topological polar surface area (TPSA) is 52.0 Å². The van der Waals surface area contributed by atoms with Crippen LogP contribution >= 0.6 is 15.9 Å². The average Bonchev–Trinajstić information content (AvgIpc) is 2.69. The normalized spacial score (nSPS) is 12.3. The van der Waals surface area contributed by atoms with E-state index in [1.54, 1.807) is 6.92 Å². The van der Waals surface area contributed by atoms with Crippen LogP contribution in [0.4, 0.5) is 0 Å². The van der Waals surface area contributed by atoms with Gasteiger partial charge in [-0.25, -0.2) is 8.42 Å². The van der Waals surface area contributed by atoms with Crippen molar-refractivity contribution in [3.05, 3.63) is 17.5 Å². The number of sulfone groups is 1. The number of nitrogens with zero attached hydrogens (tertiary/aromatic N) is 2. The Bertz CT molecular complexity index is 466. The smallest absolute Gasteiger partial charge is 0.151 e. The Labute approximate surface area is 111 Å². The monoisotopic (exact) mass is 322 g/mol. The van der Waals surface area contributed by atoms with Crippen LogP contribution in [0.25, 0.3) is 0 Å². The molecule has 1 aromatic rings. The van der Waals surface area contributed by atoms with Gasteiger partial charge in [-0.05, 0) is 5.92 Å². The molecule has 0 fully saturated rings. The highest BCUT2D eigenvalue weighted by Gasteiger charge is 2.15. The van der Waals surface area contributed by atoms with Crippen LogP contribution in [-0.2, 0) is 21.7 Å². The summed E-state index contributed by atoms with van der Waals surface area (Å²) in [4.78, 5) is 0. The minimum absolute atomic E-state index is 0.159. The molecular weight excluding hydrogens is 304 g/mol. The maximum atomic E-state index is 11.5. The van der Waals surface area contributed by atoms with Crippen molar-refractivity contribution in [3.63, 3.8) is 0 Å². The maximum Gasteiger partial charge on any atom is 0.151 e. The van der Waals surface area contributed by atoms with Crippen molar-refractivity contribution in [2.75, 3.05) is 11.5 Å². The summed E-state index contributed by atoms with van der Waals surface area (Å²) in [5.74, 6) is 0.692. The van der Waals surface area contributed by atoms with Crippen molar-refractivity contribution in [1.82, 2.24) is 9.78 Å². The number of aryl methyl sites for hydroxylation is 1. The average molecular weight is 323 g/mol. The standard InChI is InChI=1S/C11H19BrN2O2S/c1-4-17(15,16)6-5-14-11(9(2)3)10(7-12)8-13-14/h8-9H,4-7H2,1-3H3. The van der Waals surface area contributed by atoms with E-state index in [1.807, 2.05) is 10.9 Å². The Kier molecular flexibility index (Phi) is 5.19. The minimum Gasteiger partial charge on any atom is -0.268 e. The van der Waals surface area contributed by atoms with Crippen molar-refractivity contribution >= 4 is 25.8 Å². The van der Waals surface area contributed by atoms with Gasteiger partial charge in [0.25, 0.3) is 0 Å². The van der Waals surface area contributed by atoms with Crippen LogP contribution in [0.1, 0.15) is 37.9 Å². The van der Waals surface area contributed by atoms with Crippen molar-refractivity contribution in [1.29, 1.82) is 0 Å². The maximum absolute atomic E-state index is 11.5. The first kappa shape index (κ1) is 14.7. The van der Waals surface area contributed by atoms with E-state index in [1.165, 1.54) is 0 Å². The first-order chi connectivity index (χ1) is 7.91. The third-order valence-corrected chi connectivity index (χ3v) is 4.99. The van der Waals surface area contributed by atoms with Gasteiger partial charge in [-0.15, -0.1) is 0 Å². The molecule has 0 amide bonds. The summed E-state index contributed by atoms with van der Waals surface area (Å²) in [7, 11) is -2.93. The Morgan fingerprint density at radius 2 is 2.12 bits per heavy atom. The van der Waals surface area contributed by atoms with Crippen LogP contribution in [0.2, 0.25) is 0 Å². The quantitative estimate of drug-likeness (QED) is 0.755. The van der Waals surface area contributed by atoms with E-state index in [9.17, 15) is 8.42 Å². The van der Waals surface area contributed by atoms with E-state index in [4.69, 9.17) is 0 Å². The minimum atomic E-state index is -2.93. The molecule has 0 spiro atoms. The Morgan fingerprint density at radius 1 is 1.47 bits per heavy atom. The third-order valence-electron chi connectivity index (χ3n) is 2.70. The zero-order chi connectivity index (χ0) is 13.1. The van der Waals surface area contributed by atoms with E-state index < -0.39 is 9.84 Å². The summed E-state index contributed by atoms with van der Waals surface area (Å²) in [5.41, 5.74) is 2.25. The molecule has 1 aromatic heterocycles. The predicted octanol–water partition coefficient (Wildman–Crippen LogP) is 2.34. The van der Waals surface area contributed by atoms with Crippen LogP contribution in [0.3, 0.4) is 0 Å². The molecule has 0 saturated heterocycles. The van der Waals surface area contributed by atoms with Crippen LogP contribution in [0.5, 0.6) is 0 Å². The number of alkyl halides is 1. The fourth-order valence-electron chi connectivity index (χ4n) is 1.75. The van der Waals surface area contributed by atoms with Crippen molar-refractivity contribution < 1.29 is 8.42 Å². The molecule has 0 N–H and O–H groups in total. The molecule has 0 aliphatic heterocycles. The highest BCUT2D eigenvalue weighted by Crippen LogP contribution is 2.21. The molecule has 0 aromatic carbocycles. The summed E-state index contributed by atoms with van der Waals surface area (Å²) >= 11 is 3.42. The van der Waals surface area contributed by atoms with Gasteiger partial charge in [0, 0.05) is 22.3 Å². The second kappa shape index (κ2) is 6.00. The first-order valence-electron chi connectivity index (χ1n) is 5.72. The fraction of sp³-hybridized carbons (Fsp3) is 0.727. The highest BCUT2D eigenvalue weighted by atomic mass is 79.9. The molecular formula is C11H19BrN2O2S. The van der Waals surface area contributed by atoms with E-state index in [2.05, 4.69) is 34.9 Å². The van der Waals surface area contributed by atoms with Gasteiger partial charge in [-0.1, -0.05) is 36.7 Å². The highest BCUT2D eigenvalue weighted by molar-refractivity contribution is 9.08. The Morgan fingerprint density at radius 3 is 2.59 bits per heavy atom. The Balaban J connectivity index is 2.89. The van der Waals surface area contributed by atoms with E-state index >= 15 is 0 Å². The molecule has 0 radical (unpaired) electrons. The number of rotatable bonds is 6. The largest absolute Gasteiger partial charge is 0.268 e. The molecule has 0 bridgehead atoms. The van der Waals surface area contributed by atoms with Gasteiger partial charge in [-0.2, -0.15) is 5.10 Å². The number of halogens is 1. The van der Waals surface area contributed by atoms with Gasteiger partial charge in [0.05, 0.1) is 18.5 Å². The van der Waals surface area contributed by atoms with Crippen molar-refractivity contribution in [2.24, 2.45) is 0 Å². The summed E-state index contributed by atoms with van der Waals surface area (Å²) in [6.45, 7) is 6.30. The van der Waals surface area contributed by atoms with Gasteiger partial charge >= 0.3 is 0 Å². The second-order valence-corrected chi connectivity index (χ2v) is 7.34. The van der Waals surface area contributed by atoms with Crippen molar-refractivity contribution in [3.8, 4) is 0 Å². The summed E-state index contributed by atoms with van der Waals surface area (Å²) < 4.78 is 24.8. The molecule has 17 heavy (non-hydrogen) atoms. The molecule has 98 valence electrons. The summed E-state index contributed by atoms with van der Waals surface area (Å²) in [5, 5.41) is 5.02. The zero-order valence-electron chi connectivity index (χ0n) is 10.5. The van der Waals surface area contributed by atoms with E-state index in [0.717, 1.165) is 16.6 Å². The Hall–Kier alpha value is -0.360. The number of hydrogen-bond donors (Lipinski definition) is 0. The van der Waals surface area contributed by atoms with Crippen LogP contribution in [-0.4, -0.2) is 29.7 Å². The SMILES string of the molecule is CCS(=O)(=O)CCn1ncc(CBr)c1C(C)C. The van der Waals surface area contributed by atoms with Crippen LogP contribution in [0, 0.1) is 0 Å². The van der Waals surface area contributed by atoms with Gasteiger partial charge < -0.3 is 0 Å². The molecule has 1 heterocycles. The molecule has 6 heteroatoms. The van der Waals surface area contributed by atoms with Gasteiger partial charge in [0.1, 0.15) is 0 Å². The van der Waals surface area contributed by atoms with Crippen LogP contribution in [0.15, 0.2) is 6.20 Å². The molecule has 0 atom stereocenters. The predicted molar refractivity (Wildman–Crippen MR) is 73.3 cm³/mol. The van der Waals surface area contributed by atoms with Gasteiger partial charge in [0.15, 0.2) is 9.84 Å². The van der Waals surface area contributed by atoms with Crippen molar-refractivity contribution in [2.45, 2.75) is 38.6 Å². The summed E-state index contributed by atoms with van der Waals surface area (Å²) in [6.07, 6.45) is 1.81. The first-order valence-corrected chi connectivity index (χ1v) is 8.66. The lowest BCUT2D eigenvalue weighted by Crippen LogP contribution is -2.17. The van der Waals surface area contributed by atoms with Gasteiger partial charge in [-0.3, -0.25) is 4.68 Å². The summed E-state index contributed by atoms with van der Waals surface area (Å²) in [6, 6.07) is 0. The van der Waals surface area contributed by atoms with E-state index in [-0.39, 0.29) is 11.5 Å². The fourth-order valence-corrected chi connectivity index (χ4v) is 2.93. The third kappa shape index (κ3) is 3.81. The van der Waals surface area contributed by atoms with E-state index in [0.29, 0.717) is 12.5 Å². The second-order valence-electron chi connectivity index (χ2n) is 4.30. The lowest BCUT2D eigenvalue weighted by molar-refractivity contribution is 0.566. The molecule has 0 saturated carbocycles. The number of aromatic nitrogens is 2. The lowest BCUT2D eigenvalue weighted by Gasteiger charge is -2.12. The molecule has 0 aliphatic carbocycles. The molecule has 1 rings (SSSR count). The molecule has 0 unspecified atom stereocenters. The zero-order valence-corrected chi connectivity index (χ0v) is 12.9.